The molecule has 0 atom stereocenters. The van der Waals surface area contributed by atoms with Crippen molar-refractivity contribution in [3.05, 3.63) is 88.8 Å². The van der Waals surface area contributed by atoms with E-state index >= 15 is 0 Å². The first-order valence-electron chi connectivity index (χ1n) is 10.6. The summed E-state index contributed by atoms with van der Waals surface area (Å²) in [6, 6.07) is 15.0. The highest BCUT2D eigenvalue weighted by Crippen LogP contribution is 2.34. The van der Waals surface area contributed by atoms with Crippen LogP contribution in [0.2, 0.25) is 0 Å². The lowest BCUT2D eigenvalue weighted by atomic mass is 10.2. The zero-order chi connectivity index (χ0) is 24.0. The third kappa shape index (κ3) is 5.10. The number of para-hydroxylation sites is 2. The maximum Gasteiger partial charge on any atom is 0.271 e. The van der Waals surface area contributed by atoms with Gasteiger partial charge in [0.1, 0.15) is 16.5 Å². The number of carbonyl (C=O) groups is 1. The van der Waals surface area contributed by atoms with Crippen molar-refractivity contribution < 1.29 is 13.9 Å². The quantitative estimate of drug-likeness (QED) is 0.290. The molecule has 0 saturated carbocycles. The van der Waals surface area contributed by atoms with Crippen LogP contribution in [0.15, 0.2) is 82.1 Å². The van der Waals surface area contributed by atoms with Gasteiger partial charge in [0.25, 0.3) is 5.91 Å². The molecule has 1 aromatic carbocycles. The number of ether oxygens (including phenoxy) is 1. The van der Waals surface area contributed by atoms with Crippen LogP contribution in [0.4, 0.5) is 0 Å². The summed E-state index contributed by atoms with van der Waals surface area (Å²) in [5.74, 6) is 2.15. The van der Waals surface area contributed by atoms with Crippen LogP contribution in [-0.4, -0.2) is 37.7 Å². The maximum absolute atomic E-state index is 12.5. The molecule has 9 nitrogen and oxygen atoms in total. The summed E-state index contributed by atoms with van der Waals surface area (Å²) in [6.45, 7) is 0.417. The van der Waals surface area contributed by atoms with Gasteiger partial charge in [-0.1, -0.05) is 23.9 Å². The van der Waals surface area contributed by atoms with Gasteiger partial charge in [-0.25, -0.2) is 4.98 Å². The van der Waals surface area contributed by atoms with E-state index in [9.17, 15) is 4.79 Å². The molecule has 0 fully saturated rings. The first kappa shape index (κ1) is 22.8. The Kier molecular flexibility index (Phi) is 6.87. The standard InChI is InChI=1S/C24H20N6O3S2/c1-32-19-6-3-2-5-18(19)30-22(20-7-4-12-33-20)28-29-24(30)35-15-21-27-17(14-34-21)23(31)26-13-16-8-10-25-11-9-16/h2-12,14H,13,15H2,1H3,(H,26,31). The molecule has 5 rings (SSSR count). The summed E-state index contributed by atoms with van der Waals surface area (Å²) < 4.78 is 13.1. The molecule has 0 aliphatic carbocycles. The van der Waals surface area contributed by atoms with Crippen molar-refractivity contribution in [1.82, 2.24) is 30.0 Å². The summed E-state index contributed by atoms with van der Waals surface area (Å²) in [4.78, 5) is 21.0. The minimum absolute atomic E-state index is 0.216. The van der Waals surface area contributed by atoms with Gasteiger partial charge in [-0.05, 0) is 42.0 Å². The molecular formula is C24H20N6O3S2. The third-order valence-electron chi connectivity index (χ3n) is 5.01. The molecule has 4 heterocycles. The molecule has 35 heavy (non-hydrogen) atoms. The second kappa shape index (κ2) is 10.5. The number of carbonyl (C=O) groups excluding carboxylic acids is 1. The third-order valence-corrected chi connectivity index (χ3v) is 6.98. The Bertz CT molecular complexity index is 1420. The van der Waals surface area contributed by atoms with Gasteiger partial charge in [0.05, 0.1) is 24.8 Å². The number of pyridine rings is 1. The van der Waals surface area contributed by atoms with E-state index in [1.807, 2.05) is 47.0 Å². The average Bonchev–Trinajstić information content (AvgIpc) is 3.67. The second-order valence-corrected chi connectivity index (χ2v) is 9.13. The monoisotopic (exact) mass is 504 g/mol. The van der Waals surface area contributed by atoms with Gasteiger partial charge >= 0.3 is 0 Å². The number of benzene rings is 1. The smallest absolute Gasteiger partial charge is 0.271 e. The van der Waals surface area contributed by atoms with Crippen LogP contribution in [0, 0.1) is 0 Å². The number of thiazole rings is 1. The summed E-state index contributed by atoms with van der Waals surface area (Å²) >= 11 is 2.90. The Labute approximate surface area is 209 Å². The van der Waals surface area contributed by atoms with Crippen molar-refractivity contribution >= 4 is 29.0 Å². The summed E-state index contributed by atoms with van der Waals surface area (Å²) in [5, 5.41) is 14.9. The average molecular weight is 505 g/mol. The van der Waals surface area contributed by atoms with Crippen molar-refractivity contribution in [2.24, 2.45) is 0 Å². The first-order valence-corrected chi connectivity index (χ1v) is 12.5. The zero-order valence-corrected chi connectivity index (χ0v) is 20.3. The Morgan fingerprint density at radius 2 is 2.00 bits per heavy atom. The van der Waals surface area contributed by atoms with E-state index in [1.54, 1.807) is 37.2 Å². The lowest BCUT2D eigenvalue weighted by molar-refractivity contribution is 0.0946. The van der Waals surface area contributed by atoms with Crippen molar-refractivity contribution in [2.45, 2.75) is 17.5 Å². The second-order valence-electron chi connectivity index (χ2n) is 7.24. The van der Waals surface area contributed by atoms with Crippen LogP contribution in [0.5, 0.6) is 5.75 Å². The molecule has 0 saturated heterocycles. The Balaban J connectivity index is 1.33. The highest BCUT2D eigenvalue weighted by molar-refractivity contribution is 7.98. The molecule has 0 radical (unpaired) electrons. The van der Waals surface area contributed by atoms with Gasteiger partial charge in [-0.15, -0.1) is 21.5 Å². The van der Waals surface area contributed by atoms with Crippen molar-refractivity contribution in [3.8, 4) is 23.0 Å². The Morgan fingerprint density at radius 1 is 1.14 bits per heavy atom. The molecule has 4 aromatic heterocycles. The SMILES string of the molecule is COc1ccccc1-n1c(SCc2nc(C(=O)NCc3ccncc3)cs2)nnc1-c1ccco1. The molecule has 176 valence electrons. The fraction of sp³-hybridized carbons (Fsp3) is 0.125. The van der Waals surface area contributed by atoms with E-state index < -0.39 is 0 Å². The maximum atomic E-state index is 12.5. The van der Waals surface area contributed by atoms with Crippen molar-refractivity contribution in [1.29, 1.82) is 0 Å². The predicted octanol–water partition coefficient (Wildman–Crippen LogP) is 4.61. The number of nitrogens with zero attached hydrogens (tertiary/aromatic N) is 5. The number of hydrogen-bond acceptors (Lipinski definition) is 9. The number of hydrogen-bond donors (Lipinski definition) is 1. The van der Waals surface area contributed by atoms with Crippen molar-refractivity contribution in [3.63, 3.8) is 0 Å². The van der Waals surface area contributed by atoms with Crippen LogP contribution >= 0.6 is 23.1 Å². The number of aromatic nitrogens is 5. The van der Waals surface area contributed by atoms with Gasteiger partial charge in [-0.2, -0.15) is 0 Å². The number of rotatable bonds is 9. The van der Waals surface area contributed by atoms with E-state index in [2.05, 4.69) is 25.5 Å². The lowest BCUT2D eigenvalue weighted by Gasteiger charge is -2.12. The molecule has 11 heteroatoms. The van der Waals surface area contributed by atoms with Gasteiger partial charge in [0.15, 0.2) is 10.9 Å². The summed E-state index contributed by atoms with van der Waals surface area (Å²) in [5.41, 5.74) is 2.16. The summed E-state index contributed by atoms with van der Waals surface area (Å²) in [6.07, 6.45) is 4.99. The van der Waals surface area contributed by atoms with Gasteiger partial charge < -0.3 is 14.5 Å². The van der Waals surface area contributed by atoms with Gasteiger partial charge in [-0.3, -0.25) is 14.3 Å². The minimum atomic E-state index is -0.216. The fourth-order valence-electron chi connectivity index (χ4n) is 3.34. The number of methoxy groups -OCH3 is 1. The van der Waals surface area contributed by atoms with E-state index in [0.29, 0.717) is 40.5 Å². The van der Waals surface area contributed by atoms with Crippen molar-refractivity contribution in [2.75, 3.05) is 7.11 Å². The van der Waals surface area contributed by atoms with Crippen LogP contribution < -0.4 is 10.1 Å². The minimum Gasteiger partial charge on any atom is -0.495 e. The molecule has 0 aliphatic heterocycles. The topological polar surface area (TPSA) is 108 Å². The number of thioether (sulfide) groups is 1. The van der Waals surface area contributed by atoms with Gasteiger partial charge in [0.2, 0.25) is 5.82 Å². The van der Waals surface area contributed by atoms with E-state index in [4.69, 9.17) is 9.15 Å². The van der Waals surface area contributed by atoms with Crippen LogP contribution in [0.3, 0.4) is 0 Å². The number of furan rings is 1. The highest BCUT2D eigenvalue weighted by atomic mass is 32.2. The Hall–Kier alpha value is -3.96. The first-order chi connectivity index (χ1) is 17.2. The molecule has 0 aliphatic rings. The molecule has 0 spiro atoms. The molecule has 0 unspecified atom stereocenters. The Morgan fingerprint density at radius 3 is 2.80 bits per heavy atom. The molecule has 1 amide bonds. The zero-order valence-electron chi connectivity index (χ0n) is 18.6. The van der Waals surface area contributed by atoms with Gasteiger partial charge in [0, 0.05) is 24.3 Å². The molecule has 5 aromatic rings. The largest absolute Gasteiger partial charge is 0.495 e. The summed E-state index contributed by atoms with van der Waals surface area (Å²) in [7, 11) is 1.62. The molecule has 1 N–H and O–H groups in total. The number of nitrogens with one attached hydrogen (secondary N) is 1. The lowest BCUT2D eigenvalue weighted by Crippen LogP contribution is -2.23. The normalized spacial score (nSPS) is 10.9. The van der Waals surface area contributed by atoms with Crippen LogP contribution in [0.25, 0.3) is 17.3 Å². The van der Waals surface area contributed by atoms with E-state index in [0.717, 1.165) is 16.3 Å². The molecule has 0 bridgehead atoms. The number of amides is 1. The fourth-order valence-corrected chi connectivity index (χ4v) is 5.08. The highest BCUT2D eigenvalue weighted by Gasteiger charge is 2.21. The van der Waals surface area contributed by atoms with Crippen LogP contribution in [0.1, 0.15) is 21.1 Å². The van der Waals surface area contributed by atoms with E-state index in [1.165, 1.54) is 23.1 Å². The predicted molar refractivity (Wildman–Crippen MR) is 133 cm³/mol. The van der Waals surface area contributed by atoms with Crippen LogP contribution in [-0.2, 0) is 12.3 Å². The molecular weight excluding hydrogens is 484 g/mol. The van der Waals surface area contributed by atoms with E-state index in [-0.39, 0.29) is 5.91 Å².